The molecule has 4 rings (SSSR count). The molecule has 2 aromatic rings. The summed E-state index contributed by atoms with van der Waals surface area (Å²) >= 11 is 0. The third-order valence-electron chi connectivity index (χ3n) is 5.92. The molecule has 2 aliphatic heterocycles. The molecular weight excluding hydrogens is 413 g/mol. The van der Waals surface area contributed by atoms with Crippen molar-refractivity contribution in [2.75, 3.05) is 44.4 Å². The summed E-state index contributed by atoms with van der Waals surface area (Å²) in [5.74, 6) is 0.698. The fourth-order valence-corrected chi connectivity index (χ4v) is 4.25. The lowest BCUT2D eigenvalue weighted by Crippen LogP contribution is -2.39. The van der Waals surface area contributed by atoms with Gasteiger partial charge in [-0.1, -0.05) is 19.0 Å². The van der Waals surface area contributed by atoms with Gasteiger partial charge in [0.05, 0.1) is 31.4 Å². The van der Waals surface area contributed by atoms with Gasteiger partial charge in [0.2, 0.25) is 11.8 Å². The topological polar surface area (TPSA) is 68.0 Å². The number of carbonyl (C=O) groups is 1. The second-order valence-corrected chi connectivity index (χ2v) is 8.93. The van der Waals surface area contributed by atoms with Crippen molar-refractivity contribution in [1.82, 2.24) is 10.1 Å². The van der Waals surface area contributed by atoms with Gasteiger partial charge in [-0.2, -0.15) is 0 Å². The van der Waals surface area contributed by atoms with Crippen LogP contribution in [-0.4, -0.2) is 61.5 Å². The molecule has 0 spiro atoms. The number of anilines is 1. The number of aromatic nitrogens is 1. The van der Waals surface area contributed by atoms with E-state index < -0.39 is 0 Å². The van der Waals surface area contributed by atoms with Crippen LogP contribution in [0.4, 0.5) is 10.3 Å². The van der Waals surface area contributed by atoms with E-state index >= 15 is 0 Å². The molecule has 0 saturated carbocycles. The summed E-state index contributed by atoms with van der Waals surface area (Å²) in [6.07, 6.45) is 2.49. The van der Waals surface area contributed by atoms with Crippen LogP contribution in [0.3, 0.4) is 0 Å². The summed E-state index contributed by atoms with van der Waals surface area (Å²) in [5.41, 5.74) is 2.24. The van der Waals surface area contributed by atoms with Crippen molar-refractivity contribution in [3.05, 3.63) is 35.6 Å². The number of amides is 1. The Labute approximate surface area is 188 Å². The number of hydrogen-bond donors (Lipinski definition) is 0. The van der Waals surface area contributed by atoms with E-state index in [4.69, 9.17) is 14.0 Å². The molecular formula is C24H32FN3O4. The van der Waals surface area contributed by atoms with Gasteiger partial charge in [0.25, 0.3) is 0 Å². The Balaban J connectivity index is 1.67. The normalized spacial score (nSPS) is 19.0. The Kier molecular flexibility index (Phi) is 7.42. The second-order valence-electron chi connectivity index (χ2n) is 8.93. The highest BCUT2D eigenvalue weighted by atomic mass is 19.1. The summed E-state index contributed by atoms with van der Waals surface area (Å²) in [6, 6.07) is 6.22. The van der Waals surface area contributed by atoms with Crippen molar-refractivity contribution in [3.8, 4) is 11.3 Å². The Morgan fingerprint density at radius 1 is 1.22 bits per heavy atom. The molecule has 1 amide bonds. The number of ether oxygens (including phenoxy) is 2. The van der Waals surface area contributed by atoms with Gasteiger partial charge >= 0.3 is 0 Å². The number of carbonyl (C=O) groups excluding carboxylic acids is 1. The number of nitrogens with zero attached hydrogens (tertiary/aromatic N) is 3. The molecule has 3 heterocycles. The number of morpholine rings is 1. The SMILES string of the molecule is CC(C)CC(=O)N(Cc1c(-c2ccc(F)cc2)noc1N1CCOCC1)CC1CCCO1. The van der Waals surface area contributed by atoms with Gasteiger partial charge in [-0.15, -0.1) is 0 Å². The van der Waals surface area contributed by atoms with Crippen molar-refractivity contribution < 1.29 is 23.2 Å². The highest BCUT2D eigenvalue weighted by Crippen LogP contribution is 2.33. The van der Waals surface area contributed by atoms with Crippen LogP contribution in [0, 0.1) is 11.7 Å². The van der Waals surface area contributed by atoms with Crippen molar-refractivity contribution in [1.29, 1.82) is 0 Å². The van der Waals surface area contributed by atoms with Crippen LogP contribution in [0.5, 0.6) is 0 Å². The fourth-order valence-electron chi connectivity index (χ4n) is 4.25. The number of rotatable bonds is 8. The fraction of sp³-hybridized carbons (Fsp3) is 0.583. The lowest BCUT2D eigenvalue weighted by molar-refractivity contribution is -0.134. The largest absolute Gasteiger partial charge is 0.378 e. The number of benzene rings is 1. The maximum absolute atomic E-state index is 13.5. The molecule has 174 valence electrons. The average Bonchev–Trinajstić information content (AvgIpc) is 3.44. The highest BCUT2D eigenvalue weighted by Gasteiger charge is 2.29. The van der Waals surface area contributed by atoms with E-state index in [-0.39, 0.29) is 23.7 Å². The maximum Gasteiger partial charge on any atom is 0.233 e. The summed E-state index contributed by atoms with van der Waals surface area (Å²) in [4.78, 5) is 17.2. The van der Waals surface area contributed by atoms with E-state index in [1.165, 1.54) is 12.1 Å². The molecule has 1 atom stereocenters. The van der Waals surface area contributed by atoms with Crippen LogP contribution in [0.25, 0.3) is 11.3 Å². The standard InChI is InChI=1S/C24H32FN3O4/c1-17(2)14-22(29)28(15-20-4-3-11-31-20)16-21-23(18-5-7-19(25)8-6-18)26-32-24(21)27-9-12-30-13-10-27/h5-8,17,20H,3-4,9-16H2,1-2H3. The molecule has 0 N–H and O–H groups in total. The van der Waals surface area contributed by atoms with Crippen molar-refractivity contribution in [2.45, 2.75) is 45.8 Å². The minimum atomic E-state index is -0.306. The Bertz CT molecular complexity index is 887. The predicted molar refractivity (Wildman–Crippen MR) is 119 cm³/mol. The third-order valence-corrected chi connectivity index (χ3v) is 5.92. The van der Waals surface area contributed by atoms with Gasteiger partial charge in [-0.25, -0.2) is 4.39 Å². The van der Waals surface area contributed by atoms with E-state index in [2.05, 4.69) is 10.1 Å². The van der Waals surface area contributed by atoms with Crippen molar-refractivity contribution in [2.24, 2.45) is 5.92 Å². The van der Waals surface area contributed by atoms with Crippen molar-refractivity contribution >= 4 is 11.8 Å². The molecule has 1 aromatic carbocycles. The number of hydrogen-bond acceptors (Lipinski definition) is 6. The molecule has 7 nitrogen and oxygen atoms in total. The molecule has 1 unspecified atom stereocenters. The van der Waals surface area contributed by atoms with Crippen LogP contribution < -0.4 is 4.90 Å². The van der Waals surface area contributed by atoms with Gasteiger partial charge in [-0.05, 0) is 43.0 Å². The number of halogens is 1. The Morgan fingerprint density at radius 2 is 1.97 bits per heavy atom. The zero-order valence-electron chi connectivity index (χ0n) is 18.9. The van der Waals surface area contributed by atoms with Crippen LogP contribution in [0.15, 0.2) is 28.8 Å². The Hall–Kier alpha value is -2.45. The molecule has 32 heavy (non-hydrogen) atoms. The van der Waals surface area contributed by atoms with Gasteiger partial charge < -0.3 is 23.8 Å². The molecule has 2 aliphatic rings. The zero-order valence-corrected chi connectivity index (χ0v) is 18.9. The molecule has 0 bridgehead atoms. The molecule has 8 heteroatoms. The van der Waals surface area contributed by atoms with E-state index in [0.29, 0.717) is 57.4 Å². The first-order chi connectivity index (χ1) is 15.5. The summed E-state index contributed by atoms with van der Waals surface area (Å²) in [7, 11) is 0. The van der Waals surface area contributed by atoms with E-state index in [9.17, 15) is 9.18 Å². The molecule has 2 saturated heterocycles. The minimum absolute atomic E-state index is 0.0482. The van der Waals surface area contributed by atoms with Gasteiger partial charge in [-0.3, -0.25) is 4.79 Å². The average molecular weight is 446 g/mol. The van der Waals surface area contributed by atoms with Crippen LogP contribution in [0.1, 0.15) is 38.7 Å². The molecule has 2 fully saturated rings. The highest BCUT2D eigenvalue weighted by molar-refractivity contribution is 5.77. The van der Waals surface area contributed by atoms with Crippen LogP contribution in [-0.2, 0) is 20.8 Å². The summed E-state index contributed by atoms with van der Waals surface area (Å²) in [6.45, 7) is 8.35. The molecule has 0 radical (unpaired) electrons. The first-order valence-electron chi connectivity index (χ1n) is 11.5. The lowest BCUT2D eigenvalue weighted by Gasteiger charge is -2.29. The predicted octanol–water partition coefficient (Wildman–Crippen LogP) is 3.87. The quantitative estimate of drug-likeness (QED) is 0.615. The monoisotopic (exact) mass is 445 g/mol. The summed E-state index contributed by atoms with van der Waals surface area (Å²) < 4.78 is 30.7. The van der Waals surface area contributed by atoms with Crippen molar-refractivity contribution in [3.63, 3.8) is 0 Å². The van der Waals surface area contributed by atoms with Gasteiger partial charge in [0.15, 0.2) is 0 Å². The lowest BCUT2D eigenvalue weighted by atomic mass is 10.0. The van der Waals surface area contributed by atoms with Crippen LogP contribution >= 0.6 is 0 Å². The Morgan fingerprint density at radius 3 is 2.62 bits per heavy atom. The maximum atomic E-state index is 13.5. The third kappa shape index (κ3) is 5.48. The first kappa shape index (κ1) is 22.7. The van der Waals surface area contributed by atoms with Gasteiger partial charge in [0, 0.05) is 38.2 Å². The first-order valence-corrected chi connectivity index (χ1v) is 11.5. The smallest absolute Gasteiger partial charge is 0.233 e. The second kappa shape index (κ2) is 10.4. The van der Waals surface area contributed by atoms with E-state index in [0.717, 1.165) is 30.6 Å². The van der Waals surface area contributed by atoms with Crippen LogP contribution in [0.2, 0.25) is 0 Å². The van der Waals surface area contributed by atoms with Gasteiger partial charge in [0.1, 0.15) is 11.5 Å². The zero-order chi connectivity index (χ0) is 22.5. The molecule has 1 aromatic heterocycles. The van der Waals surface area contributed by atoms with E-state index in [1.807, 2.05) is 18.7 Å². The minimum Gasteiger partial charge on any atom is -0.378 e. The summed E-state index contributed by atoms with van der Waals surface area (Å²) in [5, 5.41) is 4.35. The molecule has 0 aliphatic carbocycles. The van der Waals surface area contributed by atoms with E-state index in [1.54, 1.807) is 12.1 Å².